The van der Waals surface area contributed by atoms with E-state index in [0.29, 0.717) is 16.9 Å². The molecule has 1 unspecified atom stereocenters. The summed E-state index contributed by atoms with van der Waals surface area (Å²) in [6.07, 6.45) is 0. The Morgan fingerprint density at radius 2 is 1.81 bits per heavy atom. The quantitative estimate of drug-likeness (QED) is 0.387. The van der Waals surface area contributed by atoms with Crippen LogP contribution < -0.4 is 10.3 Å². The zero-order chi connectivity index (χ0) is 22.6. The van der Waals surface area contributed by atoms with E-state index in [0.717, 1.165) is 0 Å². The topological polar surface area (TPSA) is 139 Å². The minimum absolute atomic E-state index is 0.0760. The van der Waals surface area contributed by atoms with Gasteiger partial charge >= 0.3 is 0 Å². The molecule has 2 aromatic heterocycles. The Balaban J connectivity index is 1.77. The van der Waals surface area contributed by atoms with Gasteiger partial charge in [-0.3, -0.25) is 14.2 Å². The number of nitrogens with one attached hydrogen (secondary N) is 2. The van der Waals surface area contributed by atoms with E-state index in [1.54, 1.807) is 42.9 Å². The first kappa shape index (κ1) is 20.9. The lowest BCUT2D eigenvalue weighted by molar-refractivity contribution is 0.553. The fourth-order valence-corrected chi connectivity index (χ4v) is 4.81. The van der Waals surface area contributed by atoms with Gasteiger partial charge in [0.05, 0.1) is 27.3 Å². The summed E-state index contributed by atoms with van der Waals surface area (Å²) in [5.41, 5.74) is 0.983. The third-order valence-corrected chi connectivity index (χ3v) is 6.98. The number of hydrogen-bond donors (Lipinski definition) is 3. The number of rotatable bonds is 5. The maximum atomic E-state index is 13.0. The minimum atomic E-state index is -4.14. The second-order valence-corrected chi connectivity index (χ2v) is 10.3. The third-order valence-electron chi connectivity index (χ3n) is 4.83. The number of anilines is 1. The van der Waals surface area contributed by atoms with Crippen LogP contribution in [-0.2, 0) is 26.9 Å². The number of para-hydroxylation sites is 1. The maximum absolute atomic E-state index is 13.0. The van der Waals surface area contributed by atoms with E-state index in [1.165, 1.54) is 22.9 Å². The molecule has 0 amide bonds. The number of aromatic amines is 1. The van der Waals surface area contributed by atoms with Crippen LogP contribution in [0.1, 0.15) is 5.69 Å². The second kappa shape index (κ2) is 7.11. The predicted molar refractivity (Wildman–Crippen MR) is 119 cm³/mol. The molecule has 31 heavy (non-hydrogen) atoms. The smallest absolute Gasteiger partial charge is 0.296 e. The van der Waals surface area contributed by atoms with E-state index in [4.69, 9.17) is 0 Å². The number of benzene rings is 2. The van der Waals surface area contributed by atoms with Crippen LogP contribution in [0.15, 0.2) is 63.4 Å². The molecule has 0 spiro atoms. The van der Waals surface area contributed by atoms with Crippen molar-refractivity contribution in [1.29, 1.82) is 0 Å². The SMILES string of the molecule is C=S(=O)(O)c1nc2ccc(S(=O)(=O)Nc3c(C)n(C)n(-c4ccccc4)c3=O)cc2[nH]1. The normalized spacial score (nSPS) is 13.9. The lowest BCUT2D eigenvalue weighted by Gasteiger charge is -2.07. The van der Waals surface area contributed by atoms with E-state index >= 15 is 0 Å². The zero-order valence-electron chi connectivity index (χ0n) is 16.6. The highest BCUT2D eigenvalue weighted by molar-refractivity contribution is 7.95. The molecule has 4 rings (SSSR count). The largest absolute Gasteiger partial charge is 0.329 e. The first-order valence-corrected chi connectivity index (χ1v) is 12.1. The molecule has 2 heterocycles. The van der Waals surface area contributed by atoms with Gasteiger partial charge in [0, 0.05) is 7.05 Å². The zero-order valence-corrected chi connectivity index (χ0v) is 18.2. The molecular weight excluding hydrogens is 442 g/mol. The maximum Gasteiger partial charge on any atom is 0.296 e. The molecule has 3 N–H and O–H groups in total. The van der Waals surface area contributed by atoms with E-state index < -0.39 is 25.4 Å². The number of sulfonamides is 1. The average molecular weight is 462 g/mol. The van der Waals surface area contributed by atoms with Crippen LogP contribution in [0.3, 0.4) is 0 Å². The minimum Gasteiger partial charge on any atom is -0.329 e. The first-order chi connectivity index (χ1) is 14.5. The molecule has 0 bridgehead atoms. The summed E-state index contributed by atoms with van der Waals surface area (Å²) in [6.45, 7) is 1.63. The lowest BCUT2D eigenvalue weighted by Crippen LogP contribution is -2.23. The van der Waals surface area contributed by atoms with Crippen LogP contribution in [0.2, 0.25) is 0 Å². The molecule has 0 saturated heterocycles. The Labute approximate surface area is 178 Å². The molecule has 2 aromatic carbocycles. The Morgan fingerprint density at radius 1 is 1.13 bits per heavy atom. The molecule has 0 radical (unpaired) electrons. The van der Waals surface area contributed by atoms with Gasteiger partial charge in [-0.05, 0) is 43.1 Å². The van der Waals surface area contributed by atoms with Gasteiger partial charge in [0.1, 0.15) is 15.5 Å². The highest BCUT2D eigenvalue weighted by Gasteiger charge is 2.23. The summed E-state index contributed by atoms with van der Waals surface area (Å²) >= 11 is 0. The van der Waals surface area contributed by atoms with Crippen LogP contribution in [0, 0.1) is 6.92 Å². The molecule has 0 saturated carbocycles. The average Bonchev–Trinajstić information content (AvgIpc) is 3.23. The van der Waals surface area contributed by atoms with Crippen LogP contribution in [0.25, 0.3) is 16.7 Å². The molecule has 1 atom stereocenters. The second-order valence-electron chi connectivity index (χ2n) is 6.90. The molecule has 12 heteroatoms. The van der Waals surface area contributed by atoms with Gasteiger partial charge in [0.2, 0.25) is 5.16 Å². The molecular formula is C19H19N5O5S2. The van der Waals surface area contributed by atoms with E-state index in [1.807, 2.05) is 6.07 Å². The molecule has 0 aliphatic heterocycles. The summed E-state index contributed by atoms with van der Waals surface area (Å²) in [4.78, 5) is 19.4. The van der Waals surface area contributed by atoms with E-state index in [2.05, 4.69) is 20.6 Å². The van der Waals surface area contributed by atoms with Gasteiger partial charge < -0.3 is 9.54 Å². The van der Waals surface area contributed by atoms with Gasteiger partial charge in [0.25, 0.3) is 15.6 Å². The first-order valence-electron chi connectivity index (χ1n) is 8.95. The van der Waals surface area contributed by atoms with Crippen molar-refractivity contribution in [1.82, 2.24) is 19.3 Å². The van der Waals surface area contributed by atoms with Crippen molar-refractivity contribution >= 4 is 42.4 Å². The molecule has 10 nitrogen and oxygen atoms in total. The fourth-order valence-electron chi connectivity index (χ4n) is 3.16. The van der Waals surface area contributed by atoms with Crippen molar-refractivity contribution in [2.24, 2.45) is 7.05 Å². The van der Waals surface area contributed by atoms with Gasteiger partial charge in [-0.15, -0.1) is 0 Å². The van der Waals surface area contributed by atoms with Crippen molar-refractivity contribution in [3.63, 3.8) is 0 Å². The summed E-state index contributed by atoms with van der Waals surface area (Å²) in [6, 6.07) is 12.8. The van der Waals surface area contributed by atoms with Crippen molar-refractivity contribution in [3.8, 4) is 5.69 Å². The monoisotopic (exact) mass is 461 g/mol. The molecule has 162 valence electrons. The van der Waals surface area contributed by atoms with Crippen LogP contribution in [0.4, 0.5) is 5.69 Å². The third kappa shape index (κ3) is 3.65. The number of aromatic nitrogens is 4. The van der Waals surface area contributed by atoms with Crippen molar-refractivity contribution < 1.29 is 17.2 Å². The van der Waals surface area contributed by atoms with Crippen LogP contribution in [-0.4, -0.2) is 42.4 Å². The standard InChI is InChI=1S/C19H19N5O5S2/c1-12-17(18(25)24(23(12)2)13-7-5-4-6-8-13)22-31(28,29)14-9-10-15-16(11-14)21-19(20-15)30(3,26)27/h4-11,22H,3H2,1-2H3,(H,20,21)(H,26,27). The summed E-state index contributed by atoms with van der Waals surface area (Å²) in [7, 11) is -6.06. The molecule has 0 aliphatic carbocycles. The number of hydrogen-bond acceptors (Lipinski definition) is 5. The van der Waals surface area contributed by atoms with Gasteiger partial charge in [-0.25, -0.2) is 22.3 Å². The van der Waals surface area contributed by atoms with Gasteiger partial charge in [-0.2, -0.15) is 0 Å². The molecule has 0 aliphatic rings. The predicted octanol–water partition coefficient (Wildman–Crippen LogP) is 1.71. The van der Waals surface area contributed by atoms with E-state index in [-0.39, 0.29) is 21.3 Å². The number of H-pyrrole nitrogens is 1. The Hall–Kier alpha value is -3.35. The summed E-state index contributed by atoms with van der Waals surface area (Å²) in [5, 5.41) is -0.255. The van der Waals surface area contributed by atoms with Crippen molar-refractivity contribution in [2.45, 2.75) is 17.0 Å². The highest BCUT2D eigenvalue weighted by atomic mass is 32.2. The van der Waals surface area contributed by atoms with Crippen molar-refractivity contribution in [3.05, 3.63) is 64.6 Å². The number of imidazole rings is 1. The van der Waals surface area contributed by atoms with Crippen LogP contribution >= 0.6 is 0 Å². The number of fused-ring (bicyclic) bond motifs is 1. The molecule has 4 aromatic rings. The number of nitrogens with zero attached hydrogens (tertiary/aromatic N) is 3. The highest BCUT2D eigenvalue weighted by Crippen LogP contribution is 2.22. The van der Waals surface area contributed by atoms with Gasteiger partial charge in [0.15, 0.2) is 0 Å². The van der Waals surface area contributed by atoms with Crippen molar-refractivity contribution in [2.75, 3.05) is 4.72 Å². The summed E-state index contributed by atoms with van der Waals surface area (Å²) in [5.74, 6) is 3.14. The Bertz CT molecular complexity index is 1580. The van der Waals surface area contributed by atoms with Gasteiger partial charge in [-0.1, -0.05) is 18.2 Å². The Morgan fingerprint density at radius 3 is 2.45 bits per heavy atom. The molecule has 0 fully saturated rings. The summed E-state index contributed by atoms with van der Waals surface area (Å²) < 4.78 is 52.5. The van der Waals surface area contributed by atoms with E-state index in [9.17, 15) is 22.0 Å². The fraction of sp³-hybridized carbons (Fsp3) is 0.105. The van der Waals surface area contributed by atoms with Crippen LogP contribution in [0.5, 0.6) is 0 Å². The Kier molecular flexibility index (Phi) is 4.80. The lowest BCUT2D eigenvalue weighted by atomic mass is 10.3.